The predicted molar refractivity (Wildman–Crippen MR) is 73.7 cm³/mol. The second kappa shape index (κ2) is 5.25. The number of thiazole rings is 2. The van der Waals surface area contributed by atoms with Crippen LogP contribution < -0.4 is 5.32 Å². The van der Waals surface area contributed by atoms with Crippen LogP contribution in [-0.4, -0.2) is 9.97 Å². The van der Waals surface area contributed by atoms with Crippen molar-refractivity contribution in [1.29, 1.82) is 0 Å². The SMILES string of the molecule is Cc1nc(CNC(C)c2sc(C)nc2C)cs1. The van der Waals surface area contributed by atoms with Crippen LogP contribution >= 0.6 is 22.7 Å². The zero-order valence-corrected chi connectivity index (χ0v) is 12.2. The van der Waals surface area contributed by atoms with Gasteiger partial charge in [0.05, 0.1) is 21.4 Å². The van der Waals surface area contributed by atoms with Crippen molar-refractivity contribution in [2.75, 3.05) is 0 Å². The van der Waals surface area contributed by atoms with Gasteiger partial charge in [0.1, 0.15) is 0 Å². The maximum Gasteiger partial charge on any atom is 0.0900 e. The molecule has 0 bridgehead atoms. The zero-order chi connectivity index (χ0) is 12.4. The minimum atomic E-state index is 0.336. The second-order valence-electron chi connectivity index (χ2n) is 4.14. The highest BCUT2D eigenvalue weighted by atomic mass is 32.1. The van der Waals surface area contributed by atoms with Gasteiger partial charge in [-0.15, -0.1) is 22.7 Å². The van der Waals surface area contributed by atoms with Crippen molar-refractivity contribution in [3.05, 3.63) is 31.7 Å². The second-order valence-corrected chi connectivity index (χ2v) is 6.44. The smallest absolute Gasteiger partial charge is 0.0900 e. The molecule has 92 valence electrons. The van der Waals surface area contributed by atoms with Crippen LogP contribution in [0.4, 0.5) is 0 Å². The highest BCUT2D eigenvalue weighted by Gasteiger charge is 2.12. The van der Waals surface area contributed by atoms with Crippen molar-refractivity contribution in [3.8, 4) is 0 Å². The Morgan fingerprint density at radius 2 is 2.00 bits per heavy atom. The molecule has 1 atom stereocenters. The third-order valence-corrected chi connectivity index (χ3v) is 4.67. The molecule has 0 amide bonds. The van der Waals surface area contributed by atoms with E-state index in [1.54, 1.807) is 22.7 Å². The lowest BCUT2D eigenvalue weighted by molar-refractivity contribution is 0.573. The Balaban J connectivity index is 1.97. The van der Waals surface area contributed by atoms with Gasteiger partial charge in [0.2, 0.25) is 0 Å². The topological polar surface area (TPSA) is 37.8 Å². The third-order valence-electron chi connectivity index (χ3n) is 2.59. The largest absolute Gasteiger partial charge is 0.304 e. The van der Waals surface area contributed by atoms with Crippen molar-refractivity contribution in [3.63, 3.8) is 0 Å². The number of aryl methyl sites for hydroxylation is 3. The van der Waals surface area contributed by atoms with Gasteiger partial charge in [-0.25, -0.2) is 9.97 Å². The average molecular weight is 267 g/mol. The van der Waals surface area contributed by atoms with Gasteiger partial charge in [-0.2, -0.15) is 0 Å². The molecule has 0 spiro atoms. The predicted octanol–water partition coefficient (Wildman–Crippen LogP) is 3.38. The minimum absolute atomic E-state index is 0.336. The molecule has 2 aromatic heterocycles. The molecular weight excluding hydrogens is 250 g/mol. The molecule has 1 unspecified atom stereocenters. The van der Waals surface area contributed by atoms with Crippen molar-refractivity contribution in [1.82, 2.24) is 15.3 Å². The first kappa shape index (κ1) is 12.7. The van der Waals surface area contributed by atoms with Gasteiger partial charge in [-0.1, -0.05) is 0 Å². The van der Waals surface area contributed by atoms with Gasteiger partial charge in [-0.05, 0) is 27.7 Å². The number of nitrogens with one attached hydrogen (secondary N) is 1. The first-order valence-corrected chi connectivity index (χ1v) is 7.34. The lowest BCUT2D eigenvalue weighted by Crippen LogP contribution is -2.18. The normalized spacial score (nSPS) is 12.9. The molecule has 0 aliphatic carbocycles. The Hall–Kier alpha value is -0.780. The number of hydrogen-bond acceptors (Lipinski definition) is 5. The first-order valence-electron chi connectivity index (χ1n) is 5.64. The summed E-state index contributed by atoms with van der Waals surface area (Å²) >= 11 is 3.47. The number of nitrogens with zero attached hydrogens (tertiary/aromatic N) is 2. The summed E-state index contributed by atoms with van der Waals surface area (Å²) in [5.74, 6) is 0. The molecule has 0 aliphatic heterocycles. The molecule has 0 aliphatic rings. The monoisotopic (exact) mass is 267 g/mol. The highest BCUT2D eigenvalue weighted by molar-refractivity contribution is 7.11. The van der Waals surface area contributed by atoms with Crippen molar-refractivity contribution in [2.45, 2.75) is 40.3 Å². The Morgan fingerprint density at radius 1 is 1.24 bits per heavy atom. The highest BCUT2D eigenvalue weighted by Crippen LogP contribution is 2.24. The summed E-state index contributed by atoms with van der Waals surface area (Å²) in [6, 6.07) is 0.336. The van der Waals surface area contributed by atoms with Crippen LogP contribution in [0.3, 0.4) is 0 Å². The van der Waals surface area contributed by atoms with Crippen LogP contribution in [-0.2, 0) is 6.54 Å². The van der Waals surface area contributed by atoms with Crippen LogP contribution in [0.15, 0.2) is 5.38 Å². The van der Waals surface area contributed by atoms with Crippen LogP contribution in [0.25, 0.3) is 0 Å². The lowest BCUT2D eigenvalue weighted by Gasteiger charge is -2.11. The van der Waals surface area contributed by atoms with E-state index in [4.69, 9.17) is 0 Å². The maximum absolute atomic E-state index is 4.46. The van der Waals surface area contributed by atoms with E-state index in [1.165, 1.54) is 4.88 Å². The van der Waals surface area contributed by atoms with E-state index in [-0.39, 0.29) is 0 Å². The fraction of sp³-hybridized carbons (Fsp3) is 0.500. The molecule has 0 saturated carbocycles. The molecule has 2 heterocycles. The van der Waals surface area contributed by atoms with Crippen LogP contribution in [0.1, 0.15) is 39.2 Å². The summed E-state index contributed by atoms with van der Waals surface area (Å²) in [5, 5.41) is 7.87. The first-order chi connectivity index (χ1) is 8.06. The summed E-state index contributed by atoms with van der Waals surface area (Å²) in [7, 11) is 0. The van der Waals surface area contributed by atoms with Gasteiger partial charge in [0, 0.05) is 22.8 Å². The van der Waals surface area contributed by atoms with E-state index in [2.05, 4.69) is 41.4 Å². The molecular formula is C12H17N3S2. The summed E-state index contributed by atoms with van der Waals surface area (Å²) in [5.41, 5.74) is 2.26. The third kappa shape index (κ3) is 3.12. The number of aromatic nitrogens is 2. The Labute approximate surface area is 110 Å². The number of hydrogen-bond donors (Lipinski definition) is 1. The van der Waals surface area contributed by atoms with E-state index < -0.39 is 0 Å². The Bertz CT molecular complexity index is 502. The van der Waals surface area contributed by atoms with Crippen molar-refractivity contribution < 1.29 is 0 Å². The quantitative estimate of drug-likeness (QED) is 0.923. The molecule has 5 heteroatoms. The fourth-order valence-electron chi connectivity index (χ4n) is 1.79. The summed E-state index contributed by atoms with van der Waals surface area (Å²) in [6.45, 7) is 9.16. The molecule has 2 rings (SSSR count). The van der Waals surface area contributed by atoms with Gasteiger partial charge in [0.15, 0.2) is 0 Å². The van der Waals surface area contributed by atoms with Gasteiger partial charge < -0.3 is 5.32 Å². The minimum Gasteiger partial charge on any atom is -0.304 e. The molecule has 0 fully saturated rings. The Kier molecular flexibility index (Phi) is 3.91. The van der Waals surface area contributed by atoms with Crippen LogP contribution in [0.2, 0.25) is 0 Å². The average Bonchev–Trinajstić information content (AvgIpc) is 2.81. The van der Waals surface area contributed by atoms with E-state index in [0.29, 0.717) is 6.04 Å². The van der Waals surface area contributed by atoms with Gasteiger partial charge in [-0.3, -0.25) is 0 Å². The molecule has 0 aromatic carbocycles. The van der Waals surface area contributed by atoms with E-state index in [9.17, 15) is 0 Å². The molecule has 2 aromatic rings. The Morgan fingerprint density at radius 3 is 2.53 bits per heavy atom. The number of rotatable bonds is 4. The van der Waals surface area contributed by atoms with Crippen LogP contribution in [0.5, 0.6) is 0 Å². The molecule has 0 radical (unpaired) electrons. The van der Waals surface area contributed by atoms with Crippen molar-refractivity contribution in [2.24, 2.45) is 0 Å². The summed E-state index contributed by atoms with van der Waals surface area (Å²) in [6.07, 6.45) is 0. The van der Waals surface area contributed by atoms with Gasteiger partial charge >= 0.3 is 0 Å². The zero-order valence-electron chi connectivity index (χ0n) is 10.6. The summed E-state index contributed by atoms with van der Waals surface area (Å²) < 4.78 is 0. The standard InChI is InChI=1S/C12H17N3S2/c1-7(12-8(2)14-10(4)17-12)13-5-11-6-16-9(3)15-11/h6-7,13H,5H2,1-4H3. The molecule has 0 saturated heterocycles. The van der Waals surface area contributed by atoms with E-state index >= 15 is 0 Å². The molecule has 17 heavy (non-hydrogen) atoms. The van der Waals surface area contributed by atoms with Crippen LogP contribution in [0, 0.1) is 20.8 Å². The van der Waals surface area contributed by atoms with E-state index in [1.807, 2.05) is 6.92 Å². The van der Waals surface area contributed by atoms with Gasteiger partial charge in [0.25, 0.3) is 0 Å². The fourth-order valence-corrected chi connectivity index (χ4v) is 3.36. The van der Waals surface area contributed by atoms with Crippen molar-refractivity contribution >= 4 is 22.7 Å². The molecule has 1 N–H and O–H groups in total. The summed E-state index contributed by atoms with van der Waals surface area (Å²) in [4.78, 5) is 10.2. The lowest BCUT2D eigenvalue weighted by atomic mass is 10.2. The van der Waals surface area contributed by atoms with E-state index in [0.717, 1.165) is 27.9 Å². The molecule has 3 nitrogen and oxygen atoms in total. The maximum atomic E-state index is 4.46.